The zero-order chi connectivity index (χ0) is 25.0. The van der Waals surface area contributed by atoms with E-state index >= 15 is 8.78 Å². The van der Waals surface area contributed by atoms with E-state index in [1.165, 1.54) is 0 Å². The highest BCUT2D eigenvalue weighted by Gasteiger charge is 2.44. The minimum Gasteiger partial charge on any atom is -0.491 e. The number of anilines is 1. The molecule has 8 nitrogen and oxygen atoms in total. The van der Waals surface area contributed by atoms with Crippen molar-refractivity contribution in [3.05, 3.63) is 82.3 Å². The molecule has 2 aromatic carbocycles. The Hall–Kier alpha value is -4.39. The van der Waals surface area contributed by atoms with E-state index in [-0.39, 0.29) is 23.5 Å². The molecule has 176 valence electrons. The number of ether oxygens (including phenoxy) is 3. The van der Waals surface area contributed by atoms with Crippen LogP contribution in [0.4, 0.5) is 14.5 Å². The molecule has 1 atom stereocenters. The smallest absolute Gasteiger partial charge is 0.355 e. The largest absolute Gasteiger partial charge is 0.491 e. The third kappa shape index (κ3) is 4.03. The highest BCUT2D eigenvalue weighted by Crippen LogP contribution is 2.45. The van der Waals surface area contributed by atoms with Gasteiger partial charge in [-0.05, 0) is 24.6 Å². The van der Waals surface area contributed by atoms with Crippen LogP contribution in [-0.2, 0) is 19.1 Å². The molecule has 1 aliphatic rings. The van der Waals surface area contributed by atoms with Crippen LogP contribution in [0.15, 0.2) is 65.1 Å². The van der Waals surface area contributed by atoms with Crippen molar-refractivity contribution in [2.24, 2.45) is 5.73 Å². The van der Waals surface area contributed by atoms with Gasteiger partial charge in [0.1, 0.15) is 17.2 Å². The third-order valence-corrected chi connectivity index (χ3v) is 5.17. The lowest BCUT2D eigenvalue weighted by Gasteiger charge is -2.36. The van der Waals surface area contributed by atoms with Gasteiger partial charge in [0.25, 0.3) is 0 Å². The van der Waals surface area contributed by atoms with E-state index in [0.717, 1.165) is 26.4 Å². The summed E-state index contributed by atoms with van der Waals surface area (Å²) in [5.74, 6) is -6.39. The summed E-state index contributed by atoms with van der Waals surface area (Å²) in [6.45, 7) is 1.67. The van der Waals surface area contributed by atoms with Crippen LogP contribution in [0.3, 0.4) is 0 Å². The molecule has 0 aliphatic carbocycles. The molecule has 2 aromatic rings. The first-order chi connectivity index (χ1) is 16.3. The quantitative estimate of drug-likeness (QED) is 0.641. The Morgan fingerprint density at radius 1 is 1.09 bits per heavy atom. The summed E-state index contributed by atoms with van der Waals surface area (Å²) >= 11 is 0. The van der Waals surface area contributed by atoms with Crippen LogP contribution in [0.5, 0.6) is 5.75 Å². The topological polar surface area (TPSA) is 115 Å². The Morgan fingerprint density at radius 2 is 1.74 bits per heavy atom. The van der Waals surface area contributed by atoms with Crippen LogP contribution in [0.2, 0.25) is 0 Å². The maximum absolute atomic E-state index is 15.4. The number of nitriles is 1. The van der Waals surface area contributed by atoms with Gasteiger partial charge in [-0.2, -0.15) is 5.26 Å². The summed E-state index contributed by atoms with van der Waals surface area (Å²) in [7, 11) is 2.10. The van der Waals surface area contributed by atoms with Crippen molar-refractivity contribution in [3.63, 3.8) is 0 Å². The third-order valence-electron chi connectivity index (χ3n) is 5.17. The number of hydrogen-bond donors (Lipinski definition) is 1. The average Bonchev–Trinajstić information content (AvgIpc) is 2.85. The molecule has 0 bridgehead atoms. The second-order valence-corrected chi connectivity index (χ2v) is 6.98. The lowest BCUT2D eigenvalue weighted by molar-refractivity contribution is -0.139. The number of carbonyl (C=O) groups excluding carboxylic acids is 2. The van der Waals surface area contributed by atoms with Gasteiger partial charge in [0.05, 0.1) is 44.0 Å². The second-order valence-electron chi connectivity index (χ2n) is 6.98. The highest BCUT2D eigenvalue weighted by atomic mass is 19.1. The van der Waals surface area contributed by atoms with Crippen molar-refractivity contribution >= 4 is 17.6 Å². The van der Waals surface area contributed by atoms with E-state index in [1.54, 1.807) is 37.3 Å². The molecule has 2 N–H and O–H groups in total. The molecule has 34 heavy (non-hydrogen) atoms. The number of benzene rings is 2. The van der Waals surface area contributed by atoms with Crippen molar-refractivity contribution < 1.29 is 32.6 Å². The molecule has 1 unspecified atom stereocenters. The number of carbonyl (C=O) groups is 2. The molecular formula is C24H21F2N3O5. The van der Waals surface area contributed by atoms with Gasteiger partial charge >= 0.3 is 11.9 Å². The fourth-order valence-electron chi connectivity index (χ4n) is 3.74. The molecule has 10 heteroatoms. The maximum atomic E-state index is 15.4. The van der Waals surface area contributed by atoms with Gasteiger partial charge in [0.15, 0.2) is 17.4 Å². The normalized spacial score (nSPS) is 15.6. The monoisotopic (exact) mass is 469 g/mol. The number of rotatable bonds is 6. The average molecular weight is 469 g/mol. The maximum Gasteiger partial charge on any atom is 0.355 e. The van der Waals surface area contributed by atoms with Crippen LogP contribution in [0.1, 0.15) is 18.4 Å². The summed E-state index contributed by atoms with van der Waals surface area (Å²) in [6.07, 6.45) is 0. The minimum atomic E-state index is -1.19. The van der Waals surface area contributed by atoms with Crippen molar-refractivity contribution in [2.45, 2.75) is 12.8 Å². The summed E-state index contributed by atoms with van der Waals surface area (Å²) in [4.78, 5) is 26.6. The van der Waals surface area contributed by atoms with Gasteiger partial charge in [-0.3, -0.25) is 4.90 Å². The van der Waals surface area contributed by atoms with Crippen LogP contribution in [0.25, 0.3) is 0 Å². The van der Waals surface area contributed by atoms with Crippen LogP contribution < -0.4 is 15.4 Å². The second kappa shape index (κ2) is 10.0. The van der Waals surface area contributed by atoms with Crippen LogP contribution in [-0.4, -0.2) is 32.8 Å². The van der Waals surface area contributed by atoms with Gasteiger partial charge in [-0.15, -0.1) is 0 Å². The van der Waals surface area contributed by atoms with Gasteiger partial charge < -0.3 is 19.9 Å². The molecule has 0 fully saturated rings. The molecular weight excluding hydrogens is 448 g/mol. The Kier molecular flexibility index (Phi) is 7.16. The molecule has 0 saturated heterocycles. The van der Waals surface area contributed by atoms with Crippen molar-refractivity contribution in [1.29, 1.82) is 5.26 Å². The zero-order valence-electron chi connectivity index (χ0n) is 18.6. The first kappa shape index (κ1) is 24.3. The SMILES string of the molecule is CCOc1ccc(F)c(N2C(N)=C(C#N)C(c3ccccc3)C(C(=O)OC)=C2C(=O)OC)c1F. The number of nitrogens with two attached hydrogens (primary N) is 1. The number of esters is 2. The molecule has 3 rings (SSSR count). The Labute approximate surface area is 194 Å². The molecule has 0 amide bonds. The molecule has 0 aromatic heterocycles. The lowest BCUT2D eigenvalue weighted by atomic mass is 9.81. The summed E-state index contributed by atoms with van der Waals surface area (Å²) in [6, 6.07) is 12.1. The highest BCUT2D eigenvalue weighted by molar-refractivity contribution is 6.06. The van der Waals surface area contributed by atoms with Gasteiger partial charge in [-0.1, -0.05) is 30.3 Å². The predicted molar refractivity (Wildman–Crippen MR) is 117 cm³/mol. The number of halogens is 2. The van der Waals surface area contributed by atoms with Gasteiger partial charge in [-0.25, -0.2) is 18.4 Å². The summed E-state index contributed by atoms with van der Waals surface area (Å²) in [5.41, 5.74) is 4.68. The number of methoxy groups -OCH3 is 2. The summed E-state index contributed by atoms with van der Waals surface area (Å²) < 4.78 is 45.4. The standard InChI is InChI=1S/C24H21F2N3O5/c1-4-34-16-11-10-15(25)20(19(16)26)29-21(24(31)33-3)18(23(30)32-2)17(14(12-27)22(29)28)13-8-6-5-7-9-13/h5-11,17H,4,28H2,1-3H3. The van der Waals surface area contributed by atoms with Gasteiger partial charge in [0.2, 0.25) is 0 Å². The van der Waals surface area contributed by atoms with E-state index in [4.69, 9.17) is 19.9 Å². The predicted octanol–water partition coefficient (Wildman–Crippen LogP) is 3.26. The molecule has 1 heterocycles. The Balaban J connectivity index is 2.47. The van der Waals surface area contributed by atoms with Crippen LogP contribution >= 0.6 is 0 Å². The first-order valence-corrected chi connectivity index (χ1v) is 10.1. The molecule has 0 saturated carbocycles. The minimum absolute atomic E-state index is 0.0694. The fraction of sp³-hybridized carbons (Fsp3) is 0.208. The first-order valence-electron chi connectivity index (χ1n) is 10.1. The number of allylic oxidation sites excluding steroid dienone is 1. The van der Waals surface area contributed by atoms with Crippen molar-refractivity contribution in [3.8, 4) is 11.8 Å². The van der Waals surface area contributed by atoms with E-state index in [1.807, 2.05) is 6.07 Å². The van der Waals surface area contributed by atoms with Gasteiger partial charge in [0, 0.05) is 0 Å². The van der Waals surface area contributed by atoms with E-state index in [2.05, 4.69) is 0 Å². The Bertz CT molecular complexity index is 1240. The Morgan fingerprint density at radius 3 is 2.29 bits per heavy atom. The van der Waals surface area contributed by atoms with Crippen molar-refractivity contribution in [2.75, 3.05) is 25.7 Å². The van der Waals surface area contributed by atoms with Crippen LogP contribution in [0, 0.1) is 23.0 Å². The summed E-state index contributed by atoms with van der Waals surface area (Å²) in [5, 5.41) is 9.97. The van der Waals surface area contributed by atoms with E-state index in [9.17, 15) is 14.9 Å². The number of nitrogens with zero attached hydrogens (tertiary/aromatic N) is 2. The lowest BCUT2D eigenvalue weighted by Crippen LogP contribution is -2.41. The van der Waals surface area contributed by atoms with E-state index < -0.39 is 46.7 Å². The molecule has 0 spiro atoms. The molecule has 1 aliphatic heterocycles. The fourth-order valence-corrected chi connectivity index (χ4v) is 3.74. The zero-order valence-corrected chi connectivity index (χ0v) is 18.6. The molecule has 0 radical (unpaired) electrons. The van der Waals surface area contributed by atoms with E-state index in [0.29, 0.717) is 10.5 Å². The number of hydrogen-bond acceptors (Lipinski definition) is 8. The van der Waals surface area contributed by atoms with Crippen molar-refractivity contribution in [1.82, 2.24) is 0 Å².